The Kier molecular flexibility index (Phi) is 29.4. The monoisotopic (exact) mass is 1340 g/mol. The van der Waals surface area contributed by atoms with Crippen molar-refractivity contribution in [3.8, 4) is 0 Å². The highest BCUT2D eigenvalue weighted by Gasteiger charge is 2.42. The number of amides is 9. The summed E-state index contributed by atoms with van der Waals surface area (Å²) >= 11 is 0. The van der Waals surface area contributed by atoms with Crippen molar-refractivity contribution in [3.05, 3.63) is 144 Å². The number of alkyl carbamates (subject to hydrolysis) is 3. The van der Waals surface area contributed by atoms with Gasteiger partial charge in [0, 0.05) is 40.7 Å². The summed E-state index contributed by atoms with van der Waals surface area (Å²) in [5.74, 6) is -4.84. The third kappa shape index (κ3) is 23.6. The zero-order valence-electron chi connectivity index (χ0n) is 54.0. The van der Waals surface area contributed by atoms with Crippen molar-refractivity contribution in [1.29, 1.82) is 0 Å². The Labute approximate surface area is 562 Å². The molecule has 30 nitrogen and oxygen atoms in total. The maximum Gasteiger partial charge on any atom is 0.414 e. The number of rotatable bonds is 27. The second-order valence-corrected chi connectivity index (χ2v) is 23.2. The van der Waals surface area contributed by atoms with Gasteiger partial charge in [0.15, 0.2) is 5.96 Å². The summed E-state index contributed by atoms with van der Waals surface area (Å²) in [5, 5.41) is 22.3. The van der Waals surface area contributed by atoms with Crippen molar-refractivity contribution in [2.45, 2.75) is 140 Å². The molecular formula is C67H88N14O16. The lowest BCUT2D eigenvalue weighted by Crippen LogP contribution is -2.56. The third-order valence-electron chi connectivity index (χ3n) is 16.3. The normalized spacial score (nSPS) is 17.5. The van der Waals surface area contributed by atoms with Crippen molar-refractivity contribution < 1.29 is 78.2 Å². The van der Waals surface area contributed by atoms with Crippen LogP contribution in [0.1, 0.15) is 101 Å². The van der Waals surface area contributed by atoms with Crippen molar-refractivity contribution in [2.24, 2.45) is 27.2 Å². The van der Waals surface area contributed by atoms with Crippen molar-refractivity contribution >= 4 is 77.6 Å². The minimum Gasteiger partial charge on any atom is -0.480 e. The number of benzene rings is 4. The number of carbonyl (C=O) groups excluding carboxylic acids is 10. The topological polar surface area (TPSA) is 421 Å². The molecule has 2 unspecified atom stereocenters. The Bertz CT molecular complexity index is 3310. The Hall–Kier alpha value is -10.7. The van der Waals surface area contributed by atoms with Gasteiger partial charge in [-0.05, 0) is 99.3 Å². The van der Waals surface area contributed by atoms with Crippen molar-refractivity contribution in [3.63, 3.8) is 0 Å². The molecular weight excluding hydrogens is 1260 g/mol. The van der Waals surface area contributed by atoms with E-state index in [0.717, 1.165) is 22.3 Å². The van der Waals surface area contributed by atoms with E-state index in [0.29, 0.717) is 70.9 Å². The molecule has 4 aliphatic heterocycles. The molecule has 0 bridgehead atoms. The Balaban J connectivity index is 0.000000409. The number of guanidine groups is 2. The zero-order chi connectivity index (χ0) is 69.5. The molecule has 4 aromatic carbocycles. The number of esters is 1. The van der Waals surface area contributed by atoms with Gasteiger partial charge >= 0.3 is 30.2 Å². The minimum absolute atomic E-state index is 0. The van der Waals surface area contributed by atoms with Crippen LogP contribution in [0, 0.1) is 0 Å². The van der Waals surface area contributed by atoms with Crippen LogP contribution in [-0.4, -0.2) is 191 Å². The van der Waals surface area contributed by atoms with Gasteiger partial charge in [-0.1, -0.05) is 121 Å². The fourth-order valence-corrected chi connectivity index (χ4v) is 11.5. The summed E-state index contributed by atoms with van der Waals surface area (Å²) in [6.45, 7) is 0.757. The quantitative estimate of drug-likeness (QED) is 0.0136. The summed E-state index contributed by atoms with van der Waals surface area (Å²) in [6, 6.07) is 30.6. The van der Waals surface area contributed by atoms with E-state index < -0.39 is 103 Å². The molecule has 4 aromatic rings. The van der Waals surface area contributed by atoms with Crippen molar-refractivity contribution in [1.82, 2.24) is 46.2 Å². The summed E-state index contributed by atoms with van der Waals surface area (Å²) in [7, 11) is 0. The molecule has 4 aliphatic rings. The SMILES string of the molecule is NCC(=O)N1CCC[C@H]1C(=O)N[C@@H](CCCN=C(N)N)C(=O)N1CCCC1C(=O)O.O=C(NCC(=O)N1CCC[C@H]1C(=O)N[C@@H](CCCN=C(NC(=O)OCc1ccccc1)NC(=O)OCc1ccccc1)C(=O)N1CCCC1C(=O)OCc1ccccc1)OCc1ccccc1.[HH]. The van der Waals surface area contributed by atoms with Crippen LogP contribution in [0.15, 0.2) is 131 Å². The molecule has 4 fully saturated rings. The smallest absolute Gasteiger partial charge is 0.414 e. The first-order valence-corrected chi connectivity index (χ1v) is 32.3. The average molecular weight is 1350 g/mol. The van der Waals surface area contributed by atoms with Crippen LogP contribution in [-0.2, 0) is 83.7 Å². The number of carboxylic acids is 1. The van der Waals surface area contributed by atoms with Gasteiger partial charge in [-0.3, -0.25) is 49.4 Å². The van der Waals surface area contributed by atoms with Gasteiger partial charge in [-0.15, -0.1) is 0 Å². The predicted molar refractivity (Wildman–Crippen MR) is 353 cm³/mol. The molecule has 0 spiro atoms. The minimum atomic E-state index is -1.18. The van der Waals surface area contributed by atoms with E-state index in [-0.39, 0.29) is 97.7 Å². The van der Waals surface area contributed by atoms with E-state index in [1.165, 1.54) is 19.6 Å². The maximum atomic E-state index is 14.4. The molecule has 12 N–H and O–H groups in total. The van der Waals surface area contributed by atoms with E-state index in [1.54, 1.807) is 60.7 Å². The molecule has 6 atom stereocenters. The van der Waals surface area contributed by atoms with E-state index in [1.807, 2.05) is 60.7 Å². The number of nitrogens with one attached hydrogen (secondary N) is 5. The fraction of sp³-hybridized carbons (Fsp3) is 0.448. The largest absolute Gasteiger partial charge is 0.480 e. The molecule has 97 heavy (non-hydrogen) atoms. The molecule has 4 heterocycles. The first-order chi connectivity index (χ1) is 46.9. The molecule has 4 saturated heterocycles. The molecule has 9 amide bonds. The Morgan fingerprint density at radius 2 is 0.856 bits per heavy atom. The van der Waals surface area contributed by atoms with E-state index in [4.69, 9.17) is 36.1 Å². The number of hydrogen-bond acceptors (Lipinski definition) is 18. The number of carbonyl (C=O) groups is 11. The summed E-state index contributed by atoms with van der Waals surface area (Å²) in [4.78, 5) is 156. The van der Waals surface area contributed by atoms with Crippen molar-refractivity contribution in [2.75, 3.05) is 52.4 Å². The van der Waals surface area contributed by atoms with Crippen LogP contribution in [0.2, 0.25) is 0 Å². The second-order valence-electron chi connectivity index (χ2n) is 23.2. The first kappa shape index (κ1) is 73.8. The van der Waals surface area contributed by atoms with Gasteiger partial charge in [0.25, 0.3) is 0 Å². The average Bonchev–Trinajstić information content (AvgIpc) is 1.68. The number of ether oxygens (including phenoxy) is 4. The van der Waals surface area contributed by atoms with E-state index in [2.05, 4.69) is 36.6 Å². The van der Waals surface area contributed by atoms with Crippen LogP contribution in [0.4, 0.5) is 14.4 Å². The molecule has 0 aromatic heterocycles. The van der Waals surface area contributed by atoms with Gasteiger partial charge < -0.3 is 76.8 Å². The Morgan fingerprint density at radius 3 is 1.28 bits per heavy atom. The fourth-order valence-electron chi connectivity index (χ4n) is 11.5. The number of hydrogen-bond donors (Lipinski definition) is 9. The summed E-state index contributed by atoms with van der Waals surface area (Å²) < 4.78 is 21.5. The number of nitrogens with zero attached hydrogens (tertiary/aromatic N) is 6. The summed E-state index contributed by atoms with van der Waals surface area (Å²) in [5.41, 5.74) is 19.1. The van der Waals surface area contributed by atoms with E-state index >= 15 is 0 Å². The van der Waals surface area contributed by atoms with Crippen LogP contribution in [0.5, 0.6) is 0 Å². The van der Waals surface area contributed by atoms with Gasteiger partial charge in [-0.25, -0.2) is 24.0 Å². The zero-order valence-corrected chi connectivity index (χ0v) is 54.0. The highest BCUT2D eigenvalue weighted by Crippen LogP contribution is 2.25. The van der Waals surface area contributed by atoms with Crippen LogP contribution < -0.4 is 43.8 Å². The number of aliphatic carboxylic acids is 1. The highest BCUT2D eigenvalue weighted by atomic mass is 16.6. The van der Waals surface area contributed by atoms with Crippen LogP contribution >= 0.6 is 0 Å². The molecule has 30 heteroatoms. The predicted octanol–water partition coefficient (Wildman–Crippen LogP) is 2.91. The molecule has 522 valence electrons. The lowest BCUT2D eigenvalue weighted by Gasteiger charge is -2.30. The molecule has 0 radical (unpaired) electrons. The number of carboxylic acid groups (broad SMARTS) is 1. The highest BCUT2D eigenvalue weighted by molar-refractivity contribution is 6.01. The molecule has 0 saturated carbocycles. The van der Waals surface area contributed by atoms with E-state index in [9.17, 15) is 57.8 Å². The number of nitrogens with two attached hydrogens (primary N) is 3. The molecule has 8 rings (SSSR count). The van der Waals surface area contributed by atoms with Gasteiger partial charge in [0.1, 0.15) is 69.2 Å². The van der Waals surface area contributed by atoms with Crippen LogP contribution in [0.3, 0.4) is 0 Å². The first-order valence-electron chi connectivity index (χ1n) is 32.3. The van der Waals surface area contributed by atoms with Gasteiger partial charge in [0.05, 0.1) is 6.54 Å². The third-order valence-corrected chi connectivity index (χ3v) is 16.3. The standard InChI is InChI=1S/C49H55N7O11.C18H31N7O5.H2/c57-42(30-51-47(61)65-32-36-18-7-2-8-19-36)55-28-14-25-40(55)43(58)52-39(44(59)56-29-15-26-41(56)45(60)64-31-35-16-5-1-6-17-35)24-13-27-50-46(53-48(62)66-33-37-20-9-3-10-21-37)54-49(63)67-34-38-22-11-4-12-23-38;19-10-14(26)24-8-2-5-12(24)15(27)23-11(4-1-7-22-18(20)21)16(28)25-9-3-6-13(25)17(29)30;/h1-12,16-23,39-41H,13-15,24-34H2,(H,51,61)(H,52,58)(H2,50,53,54,62,63);11-13H,1-10,19H2,(H,23,27)(H,29,30)(H4,20,21,22);1H/t39-,40-,41?;11-,12-,13?;/m00./s1. The molecule has 0 aliphatic carbocycles. The number of aliphatic imine (C=N–C) groups is 2. The maximum absolute atomic E-state index is 14.4. The van der Waals surface area contributed by atoms with Gasteiger partial charge in [0.2, 0.25) is 41.4 Å². The van der Waals surface area contributed by atoms with Gasteiger partial charge in [-0.2, -0.15) is 0 Å². The Morgan fingerprint density at radius 1 is 0.485 bits per heavy atom. The lowest BCUT2D eigenvalue weighted by molar-refractivity contribution is -0.155. The van der Waals surface area contributed by atoms with Crippen LogP contribution in [0.25, 0.3) is 0 Å². The number of likely N-dealkylation sites (tertiary alicyclic amines) is 4. The summed E-state index contributed by atoms with van der Waals surface area (Å²) in [6.07, 6.45) is 1.99. The second kappa shape index (κ2) is 38.6. The lowest BCUT2D eigenvalue weighted by atomic mass is 10.1.